The SMILES string of the molecule is COc1ccc(C)cc1CC(=O)O[C@@H](C)c1nc2ccccc2c(=O)[nH]1. The van der Waals surface area contributed by atoms with Gasteiger partial charge >= 0.3 is 5.97 Å². The number of nitrogens with one attached hydrogen (secondary N) is 1. The summed E-state index contributed by atoms with van der Waals surface area (Å²) in [6, 6.07) is 12.7. The van der Waals surface area contributed by atoms with Crippen LogP contribution < -0.4 is 10.3 Å². The van der Waals surface area contributed by atoms with Crippen molar-refractivity contribution in [2.75, 3.05) is 7.11 Å². The number of benzene rings is 2. The monoisotopic (exact) mass is 352 g/mol. The standard InChI is InChI=1S/C20H20N2O4/c1-12-8-9-17(25-3)14(10-12)11-18(23)26-13(2)19-21-16-7-5-4-6-15(16)20(24)22-19/h4-10,13H,11H2,1-3H3,(H,21,22,24)/t13-/m0/s1. The summed E-state index contributed by atoms with van der Waals surface area (Å²) >= 11 is 0. The Hall–Kier alpha value is -3.15. The van der Waals surface area contributed by atoms with Gasteiger partial charge in [-0.25, -0.2) is 4.98 Å². The van der Waals surface area contributed by atoms with Crippen LogP contribution in [0.2, 0.25) is 0 Å². The number of nitrogens with zero attached hydrogens (tertiary/aromatic N) is 1. The molecule has 0 amide bonds. The van der Waals surface area contributed by atoms with Crippen LogP contribution in [0.5, 0.6) is 5.75 Å². The first-order valence-electron chi connectivity index (χ1n) is 8.30. The lowest BCUT2D eigenvalue weighted by atomic mass is 10.1. The highest BCUT2D eigenvalue weighted by molar-refractivity contribution is 5.77. The zero-order chi connectivity index (χ0) is 18.7. The Bertz CT molecular complexity index is 1010. The van der Waals surface area contributed by atoms with E-state index in [9.17, 15) is 9.59 Å². The van der Waals surface area contributed by atoms with E-state index in [1.54, 1.807) is 38.3 Å². The number of carbonyl (C=O) groups excluding carboxylic acids is 1. The normalized spacial score (nSPS) is 12.0. The van der Waals surface area contributed by atoms with Crippen LogP contribution in [0.15, 0.2) is 47.3 Å². The van der Waals surface area contributed by atoms with Crippen LogP contribution in [0, 0.1) is 6.92 Å². The molecule has 0 spiro atoms. The molecule has 0 unspecified atom stereocenters. The Balaban J connectivity index is 1.78. The summed E-state index contributed by atoms with van der Waals surface area (Å²) in [5.74, 6) is 0.535. The smallest absolute Gasteiger partial charge is 0.311 e. The minimum Gasteiger partial charge on any atom is -0.496 e. The van der Waals surface area contributed by atoms with Crippen molar-refractivity contribution in [1.29, 1.82) is 0 Å². The van der Waals surface area contributed by atoms with Crippen LogP contribution in [0.3, 0.4) is 0 Å². The Labute approximate surface area is 150 Å². The molecular formula is C20H20N2O4. The van der Waals surface area contributed by atoms with Crippen molar-refractivity contribution >= 4 is 16.9 Å². The molecular weight excluding hydrogens is 332 g/mol. The molecule has 26 heavy (non-hydrogen) atoms. The first kappa shape index (κ1) is 17.7. The number of H-pyrrole nitrogens is 1. The number of rotatable bonds is 5. The number of hydrogen-bond donors (Lipinski definition) is 1. The van der Waals surface area contributed by atoms with E-state index < -0.39 is 12.1 Å². The third-order valence-electron chi connectivity index (χ3n) is 4.10. The van der Waals surface area contributed by atoms with E-state index in [0.29, 0.717) is 22.5 Å². The summed E-state index contributed by atoms with van der Waals surface area (Å²) in [6.07, 6.45) is -0.594. The molecule has 3 rings (SSSR count). The highest BCUT2D eigenvalue weighted by Crippen LogP contribution is 2.22. The maximum absolute atomic E-state index is 12.3. The zero-order valence-electron chi connectivity index (χ0n) is 14.9. The molecule has 1 heterocycles. The number of methoxy groups -OCH3 is 1. The van der Waals surface area contributed by atoms with Crippen LogP contribution in [0.4, 0.5) is 0 Å². The van der Waals surface area contributed by atoms with Crippen LogP contribution in [-0.2, 0) is 16.0 Å². The quantitative estimate of drug-likeness (QED) is 0.714. The second-order valence-electron chi connectivity index (χ2n) is 6.09. The van der Waals surface area contributed by atoms with E-state index in [2.05, 4.69) is 9.97 Å². The van der Waals surface area contributed by atoms with Gasteiger partial charge in [-0.05, 0) is 32.0 Å². The van der Waals surface area contributed by atoms with Gasteiger partial charge in [0.15, 0.2) is 11.9 Å². The van der Waals surface area contributed by atoms with Gasteiger partial charge in [-0.3, -0.25) is 9.59 Å². The third kappa shape index (κ3) is 3.74. The second-order valence-corrected chi connectivity index (χ2v) is 6.09. The summed E-state index contributed by atoms with van der Waals surface area (Å²) in [4.78, 5) is 31.5. The van der Waals surface area contributed by atoms with E-state index in [-0.39, 0.29) is 12.0 Å². The highest BCUT2D eigenvalue weighted by atomic mass is 16.5. The van der Waals surface area contributed by atoms with Crippen LogP contribution in [0.1, 0.15) is 30.0 Å². The van der Waals surface area contributed by atoms with E-state index >= 15 is 0 Å². The molecule has 134 valence electrons. The Kier molecular flexibility index (Phi) is 5.02. The molecule has 1 atom stereocenters. The summed E-state index contributed by atoms with van der Waals surface area (Å²) in [5, 5.41) is 0.499. The summed E-state index contributed by atoms with van der Waals surface area (Å²) < 4.78 is 10.7. The Morgan fingerprint density at radius 3 is 2.77 bits per heavy atom. The fourth-order valence-electron chi connectivity index (χ4n) is 2.79. The van der Waals surface area contributed by atoms with Crippen molar-refractivity contribution in [3.05, 3.63) is 69.8 Å². The number of aromatic nitrogens is 2. The molecule has 0 saturated heterocycles. The largest absolute Gasteiger partial charge is 0.496 e. The number of fused-ring (bicyclic) bond motifs is 1. The van der Waals surface area contributed by atoms with Gasteiger partial charge in [0.1, 0.15) is 5.75 Å². The molecule has 0 bridgehead atoms. The van der Waals surface area contributed by atoms with Gasteiger partial charge in [0, 0.05) is 5.56 Å². The molecule has 0 aliphatic carbocycles. The topological polar surface area (TPSA) is 81.3 Å². The summed E-state index contributed by atoms with van der Waals surface area (Å²) in [7, 11) is 1.56. The van der Waals surface area contributed by atoms with Crippen molar-refractivity contribution in [2.24, 2.45) is 0 Å². The second kappa shape index (κ2) is 7.39. The molecule has 0 aliphatic heterocycles. The molecule has 0 radical (unpaired) electrons. The maximum Gasteiger partial charge on any atom is 0.311 e. The molecule has 3 aromatic rings. The third-order valence-corrected chi connectivity index (χ3v) is 4.10. The number of aryl methyl sites for hydroxylation is 1. The average molecular weight is 352 g/mol. The fourth-order valence-corrected chi connectivity index (χ4v) is 2.79. The van der Waals surface area contributed by atoms with Gasteiger partial charge in [0.05, 0.1) is 24.4 Å². The minimum absolute atomic E-state index is 0.0764. The molecule has 2 aromatic carbocycles. The van der Waals surface area contributed by atoms with Crippen molar-refractivity contribution in [2.45, 2.75) is 26.4 Å². The first-order valence-corrected chi connectivity index (χ1v) is 8.30. The molecule has 0 saturated carbocycles. The molecule has 6 heteroatoms. The highest BCUT2D eigenvalue weighted by Gasteiger charge is 2.17. The van der Waals surface area contributed by atoms with Gasteiger partial charge < -0.3 is 14.5 Å². The maximum atomic E-state index is 12.3. The predicted octanol–water partition coefficient (Wildman–Crippen LogP) is 3.09. The minimum atomic E-state index is -0.671. The first-order chi connectivity index (χ1) is 12.5. The van der Waals surface area contributed by atoms with Gasteiger partial charge in [-0.2, -0.15) is 0 Å². The lowest BCUT2D eigenvalue weighted by Crippen LogP contribution is -2.18. The van der Waals surface area contributed by atoms with Gasteiger partial charge in [0.2, 0.25) is 0 Å². The molecule has 0 fully saturated rings. The number of esters is 1. The lowest BCUT2D eigenvalue weighted by molar-refractivity contribution is -0.148. The van der Waals surface area contributed by atoms with Crippen LogP contribution >= 0.6 is 0 Å². The van der Waals surface area contributed by atoms with E-state index in [0.717, 1.165) is 11.1 Å². The fraction of sp³-hybridized carbons (Fsp3) is 0.250. The lowest BCUT2D eigenvalue weighted by Gasteiger charge is -2.14. The van der Waals surface area contributed by atoms with Crippen molar-refractivity contribution < 1.29 is 14.3 Å². The summed E-state index contributed by atoms with van der Waals surface area (Å²) in [5.41, 5.74) is 2.09. The van der Waals surface area contributed by atoms with Gasteiger partial charge in [0.25, 0.3) is 5.56 Å². The van der Waals surface area contributed by atoms with Crippen molar-refractivity contribution in [3.8, 4) is 5.75 Å². The van der Waals surface area contributed by atoms with Crippen LogP contribution in [0.25, 0.3) is 10.9 Å². The Morgan fingerprint density at radius 2 is 2.00 bits per heavy atom. The Morgan fingerprint density at radius 1 is 1.23 bits per heavy atom. The van der Waals surface area contributed by atoms with Crippen LogP contribution in [-0.4, -0.2) is 23.0 Å². The zero-order valence-corrected chi connectivity index (χ0v) is 14.9. The van der Waals surface area contributed by atoms with E-state index in [1.807, 2.05) is 25.1 Å². The van der Waals surface area contributed by atoms with E-state index in [1.165, 1.54) is 0 Å². The molecule has 1 aromatic heterocycles. The predicted molar refractivity (Wildman–Crippen MR) is 98.3 cm³/mol. The molecule has 1 N–H and O–H groups in total. The summed E-state index contributed by atoms with van der Waals surface area (Å²) in [6.45, 7) is 3.62. The van der Waals surface area contributed by atoms with Gasteiger partial charge in [-0.1, -0.05) is 29.8 Å². The number of carbonyl (C=O) groups is 1. The average Bonchev–Trinajstić information content (AvgIpc) is 2.61. The van der Waals surface area contributed by atoms with Crippen molar-refractivity contribution in [1.82, 2.24) is 9.97 Å². The van der Waals surface area contributed by atoms with E-state index in [4.69, 9.17) is 9.47 Å². The van der Waals surface area contributed by atoms with Gasteiger partial charge in [-0.15, -0.1) is 0 Å². The van der Waals surface area contributed by atoms with Crippen molar-refractivity contribution in [3.63, 3.8) is 0 Å². The number of ether oxygens (including phenoxy) is 2. The number of para-hydroxylation sites is 1. The molecule has 0 aliphatic rings. The number of aromatic amines is 1. The number of hydrogen-bond acceptors (Lipinski definition) is 5. The molecule has 6 nitrogen and oxygen atoms in total.